The fraction of sp³-hybridized carbons (Fsp3) is 0.111. The average molecular weight is 396 g/mol. The Balaban J connectivity index is 2.00. The van der Waals surface area contributed by atoms with Crippen LogP contribution in [0, 0.1) is 0 Å². The first-order valence-electron chi connectivity index (χ1n) is 9.90. The van der Waals surface area contributed by atoms with Crippen molar-refractivity contribution in [3.05, 3.63) is 132 Å². The van der Waals surface area contributed by atoms with Crippen LogP contribution in [0.15, 0.2) is 110 Å². The molecule has 0 spiro atoms. The first-order valence-corrected chi connectivity index (χ1v) is 9.90. The Labute approximate surface area is 177 Å². The standard InChI is InChI=1S/C27H25NO2/c1-3-19-27(20-4-2,22-15-9-6-10-16-22)28-26(30)24-18-12-11-17-23(24)25(29)21-13-7-5-8-14-21/h3-18H,1-2,19-20H2,(H,28,30). The minimum Gasteiger partial charge on any atom is -0.342 e. The van der Waals surface area contributed by atoms with Gasteiger partial charge < -0.3 is 5.32 Å². The number of hydrogen-bond donors (Lipinski definition) is 1. The smallest absolute Gasteiger partial charge is 0.252 e. The number of hydrogen-bond acceptors (Lipinski definition) is 2. The summed E-state index contributed by atoms with van der Waals surface area (Å²) in [7, 11) is 0. The molecule has 0 unspecified atom stereocenters. The van der Waals surface area contributed by atoms with Gasteiger partial charge >= 0.3 is 0 Å². The zero-order chi connectivity index (χ0) is 21.4. The molecule has 3 nitrogen and oxygen atoms in total. The van der Waals surface area contributed by atoms with E-state index < -0.39 is 5.54 Å². The predicted molar refractivity (Wildman–Crippen MR) is 122 cm³/mol. The number of amides is 1. The molecule has 3 heteroatoms. The van der Waals surface area contributed by atoms with Gasteiger partial charge in [-0.3, -0.25) is 9.59 Å². The van der Waals surface area contributed by atoms with E-state index in [1.165, 1.54) is 0 Å². The highest BCUT2D eigenvalue weighted by molar-refractivity contribution is 6.15. The maximum absolute atomic E-state index is 13.4. The number of rotatable bonds is 9. The summed E-state index contributed by atoms with van der Waals surface area (Å²) in [6, 6.07) is 25.7. The van der Waals surface area contributed by atoms with Crippen LogP contribution in [0.1, 0.15) is 44.7 Å². The van der Waals surface area contributed by atoms with Gasteiger partial charge in [0.1, 0.15) is 0 Å². The van der Waals surface area contributed by atoms with E-state index >= 15 is 0 Å². The molecular weight excluding hydrogens is 370 g/mol. The van der Waals surface area contributed by atoms with Crippen LogP contribution in [-0.2, 0) is 5.54 Å². The fourth-order valence-corrected chi connectivity index (χ4v) is 3.65. The number of carbonyl (C=O) groups excluding carboxylic acids is 2. The molecule has 0 radical (unpaired) electrons. The van der Waals surface area contributed by atoms with E-state index in [1.54, 1.807) is 48.6 Å². The second kappa shape index (κ2) is 9.66. The minimum absolute atomic E-state index is 0.181. The molecule has 1 N–H and O–H groups in total. The van der Waals surface area contributed by atoms with Crippen LogP contribution in [0.5, 0.6) is 0 Å². The Morgan fingerprint density at radius 2 is 1.23 bits per heavy atom. The first-order chi connectivity index (χ1) is 14.6. The second-order valence-electron chi connectivity index (χ2n) is 7.13. The van der Waals surface area contributed by atoms with Gasteiger partial charge in [-0.25, -0.2) is 0 Å². The van der Waals surface area contributed by atoms with Crippen LogP contribution in [0.25, 0.3) is 0 Å². The molecule has 3 aromatic rings. The Kier molecular flexibility index (Phi) is 6.76. The molecule has 0 atom stereocenters. The maximum Gasteiger partial charge on any atom is 0.252 e. The van der Waals surface area contributed by atoms with Crippen LogP contribution >= 0.6 is 0 Å². The predicted octanol–water partition coefficient (Wildman–Crippen LogP) is 5.70. The molecule has 3 aromatic carbocycles. The lowest BCUT2D eigenvalue weighted by Crippen LogP contribution is -2.45. The summed E-state index contributed by atoms with van der Waals surface area (Å²) in [6.45, 7) is 7.76. The molecule has 1 amide bonds. The topological polar surface area (TPSA) is 46.2 Å². The van der Waals surface area contributed by atoms with Crippen molar-refractivity contribution in [3.63, 3.8) is 0 Å². The van der Waals surface area contributed by atoms with Crippen molar-refractivity contribution < 1.29 is 9.59 Å². The lowest BCUT2D eigenvalue weighted by atomic mass is 9.83. The van der Waals surface area contributed by atoms with Gasteiger partial charge in [-0.05, 0) is 24.5 Å². The minimum atomic E-state index is -0.690. The zero-order valence-corrected chi connectivity index (χ0v) is 16.9. The van der Waals surface area contributed by atoms with Gasteiger partial charge in [0.15, 0.2) is 5.78 Å². The van der Waals surface area contributed by atoms with Crippen LogP contribution in [0.4, 0.5) is 0 Å². The second-order valence-corrected chi connectivity index (χ2v) is 7.13. The van der Waals surface area contributed by atoms with Crippen LogP contribution in [0.3, 0.4) is 0 Å². The highest BCUT2D eigenvalue weighted by Gasteiger charge is 2.32. The van der Waals surface area contributed by atoms with Gasteiger partial charge in [0, 0.05) is 11.1 Å². The van der Waals surface area contributed by atoms with Crippen molar-refractivity contribution in [2.24, 2.45) is 0 Å². The molecule has 0 aliphatic heterocycles. The largest absolute Gasteiger partial charge is 0.342 e. The van der Waals surface area contributed by atoms with E-state index in [-0.39, 0.29) is 11.7 Å². The molecular formula is C27H25NO2. The number of benzene rings is 3. The summed E-state index contributed by atoms with van der Waals surface area (Å²) >= 11 is 0. The van der Waals surface area contributed by atoms with E-state index in [1.807, 2.05) is 48.5 Å². The Hall–Kier alpha value is -3.72. The quantitative estimate of drug-likeness (QED) is 0.373. The zero-order valence-electron chi connectivity index (χ0n) is 16.9. The number of carbonyl (C=O) groups is 2. The lowest BCUT2D eigenvalue weighted by Gasteiger charge is -2.34. The van der Waals surface area contributed by atoms with Crippen LogP contribution in [-0.4, -0.2) is 11.7 Å². The molecule has 0 heterocycles. The first kappa shape index (κ1) is 21.0. The van der Waals surface area contributed by atoms with Gasteiger partial charge in [0.05, 0.1) is 11.1 Å². The fourth-order valence-electron chi connectivity index (χ4n) is 3.65. The maximum atomic E-state index is 13.4. The summed E-state index contributed by atoms with van der Waals surface area (Å²) in [4.78, 5) is 26.5. The van der Waals surface area contributed by atoms with Gasteiger partial charge in [0.25, 0.3) is 5.91 Å². The van der Waals surface area contributed by atoms with E-state index in [4.69, 9.17) is 0 Å². The summed E-state index contributed by atoms with van der Waals surface area (Å²) < 4.78 is 0. The molecule has 150 valence electrons. The average Bonchev–Trinajstić information content (AvgIpc) is 2.80. The molecule has 3 rings (SSSR count). The molecule has 0 aliphatic rings. The number of ketones is 1. The Bertz CT molecular complexity index is 1030. The molecule has 0 saturated heterocycles. The van der Waals surface area contributed by atoms with Crippen molar-refractivity contribution in [2.45, 2.75) is 18.4 Å². The third kappa shape index (κ3) is 4.47. The van der Waals surface area contributed by atoms with Crippen molar-refractivity contribution in [1.82, 2.24) is 5.32 Å². The van der Waals surface area contributed by atoms with Crippen LogP contribution in [0.2, 0.25) is 0 Å². The molecule has 0 saturated carbocycles. The van der Waals surface area contributed by atoms with Crippen molar-refractivity contribution in [3.8, 4) is 0 Å². The van der Waals surface area contributed by atoms with Crippen LogP contribution < -0.4 is 5.32 Å². The number of nitrogens with one attached hydrogen (secondary N) is 1. The van der Waals surface area contributed by atoms with E-state index in [2.05, 4.69) is 18.5 Å². The summed E-state index contributed by atoms with van der Waals surface area (Å²) in [6.07, 6.45) is 4.64. The van der Waals surface area contributed by atoms with E-state index in [0.717, 1.165) is 5.56 Å². The Morgan fingerprint density at radius 3 is 1.80 bits per heavy atom. The Morgan fingerprint density at radius 1 is 0.733 bits per heavy atom. The van der Waals surface area contributed by atoms with Gasteiger partial charge in [0.2, 0.25) is 0 Å². The van der Waals surface area contributed by atoms with Gasteiger partial charge in [-0.2, -0.15) is 0 Å². The molecule has 0 aliphatic carbocycles. The molecule has 0 bridgehead atoms. The molecule has 0 fully saturated rings. The highest BCUT2D eigenvalue weighted by atomic mass is 16.2. The van der Waals surface area contributed by atoms with Crippen molar-refractivity contribution in [2.75, 3.05) is 0 Å². The SMILES string of the molecule is C=CCC(CC=C)(NC(=O)c1ccccc1C(=O)c1ccccc1)c1ccccc1. The van der Waals surface area contributed by atoms with Gasteiger partial charge in [-0.15, -0.1) is 13.2 Å². The summed E-state index contributed by atoms with van der Waals surface area (Å²) in [5, 5.41) is 3.18. The third-order valence-electron chi connectivity index (χ3n) is 5.12. The molecule has 0 aromatic heterocycles. The van der Waals surface area contributed by atoms with E-state index in [0.29, 0.717) is 29.5 Å². The normalized spacial score (nSPS) is 10.8. The monoisotopic (exact) mass is 395 g/mol. The summed E-state index contributed by atoms with van der Waals surface area (Å²) in [5.74, 6) is -0.485. The lowest BCUT2D eigenvalue weighted by molar-refractivity contribution is 0.0889. The van der Waals surface area contributed by atoms with Crippen molar-refractivity contribution in [1.29, 1.82) is 0 Å². The molecule has 30 heavy (non-hydrogen) atoms. The van der Waals surface area contributed by atoms with E-state index in [9.17, 15) is 9.59 Å². The van der Waals surface area contributed by atoms with Gasteiger partial charge in [-0.1, -0.05) is 91.0 Å². The summed E-state index contributed by atoms with van der Waals surface area (Å²) in [5.41, 5.74) is 1.54. The third-order valence-corrected chi connectivity index (χ3v) is 5.12. The van der Waals surface area contributed by atoms with Crippen molar-refractivity contribution >= 4 is 11.7 Å². The highest BCUT2D eigenvalue weighted by Crippen LogP contribution is 2.31.